The number of H-pyrrole nitrogens is 1. The third-order valence-corrected chi connectivity index (χ3v) is 7.05. The maximum Gasteiger partial charge on any atom is 0.333 e. The molecule has 1 N–H and O–H groups in total. The molecular weight excluding hydrogens is 492 g/mol. The molecule has 0 bridgehead atoms. The van der Waals surface area contributed by atoms with Crippen LogP contribution in [0.25, 0.3) is 38.5 Å². The molecule has 0 radical (unpaired) electrons. The number of anilines is 1. The lowest BCUT2D eigenvalue weighted by atomic mass is 10.0. The van der Waals surface area contributed by atoms with E-state index in [0.29, 0.717) is 40.6 Å². The van der Waals surface area contributed by atoms with Gasteiger partial charge in [0.15, 0.2) is 0 Å². The Hall–Kier alpha value is -4.14. The molecule has 1 fully saturated rings. The summed E-state index contributed by atoms with van der Waals surface area (Å²) in [6.45, 7) is 2.88. The van der Waals surface area contributed by atoms with E-state index in [2.05, 4.69) is 14.9 Å². The number of hydrogen-bond donors (Lipinski definition) is 1. The highest BCUT2D eigenvalue weighted by Gasteiger charge is 2.17. The minimum absolute atomic E-state index is 0.378. The first-order valence-corrected chi connectivity index (χ1v) is 12.2. The van der Waals surface area contributed by atoms with Crippen LogP contribution in [0.1, 0.15) is 0 Å². The van der Waals surface area contributed by atoms with E-state index in [-0.39, 0.29) is 0 Å². The molecule has 37 heavy (non-hydrogen) atoms. The van der Waals surface area contributed by atoms with E-state index in [9.17, 15) is 9.59 Å². The number of hydrogen-bond acceptors (Lipinski definition) is 6. The van der Waals surface area contributed by atoms with Gasteiger partial charge in [0, 0.05) is 46.3 Å². The van der Waals surface area contributed by atoms with Crippen LogP contribution in [-0.2, 0) is 4.74 Å². The summed E-state index contributed by atoms with van der Waals surface area (Å²) < 4.78 is 11.9. The first-order chi connectivity index (χ1) is 18.0. The number of morpholine rings is 1. The lowest BCUT2D eigenvalue weighted by Gasteiger charge is -2.29. The summed E-state index contributed by atoms with van der Waals surface area (Å²) in [6, 6.07) is 16.6. The summed E-state index contributed by atoms with van der Waals surface area (Å²) in [5.41, 5.74) is 2.39. The molecule has 0 saturated carbocycles. The number of rotatable bonds is 4. The average Bonchev–Trinajstić information content (AvgIpc) is 2.93. The zero-order valence-electron chi connectivity index (χ0n) is 20.0. The second-order valence-electron chi connectivity index (χ2n) is 8.84. The zero-order chi connectivity index (χ0) is 25.5. The van der Waals surface area contributed by atoms with Crippen LogP contribution in [0.4, 0.5) is 5.69 Å². The summed E-state index contributed by atoms with van der Waals surface area (Å²) in [5, 5.41) is 2.52. The van der Waals surface area contributed by atoms with Crippen LogP contribution in [-0.4, -0.2) is 47.9 Å². The van der Waals surface area contributed by atoms with E-state index in [1.807, 2.05) is 30.3 Å². The van der Waals surface area contributed by atoms with Gasteiger partial charge in [-0.25, -0.2) is 9.36 Å². The predicted molar refractivity (Wildman–Crippen MR) is 145 cm³/mol. The van der Waals surface area contributed by atoms with Gasteiger partial charge in [-0.2, -0.15) is 0 Å². The number of nitrogens with one attached hydrogen (secondary N) is 1. The molecule has 0 aliphatic carbocycles. The Morgan fingerprint density at radius 2 is 1.81 bits per heavy atom. The van der Waals surface area contributed by atoms with Crippen molar-refractivity contribution < 1.29 is 9.47 Å². The molecule has 1 saturated heterocycles. The van der Waals surface area contributed by atoms with E-state index >= 15 is 0 Å². The SMILES string of the molecule is COc1ccc(Cl)c(-c2ccc3c(=O)n(-c4cncc5ccc(N6CCOCC6)cc45)c(=O)[nH]c3c2)c1. The molecule has 3 aromatic carbocycles. The second-order valence-corrected chi connectivity index (χ2v) is 9.25. The topological polar surface area (TPSA) is 89.4 Å². The maximum atomic E-state index is 13.6. The van der Waals surface area contributed by atoms with Crippen molar-refractivity contribution in [2.24, 2.45) is 0 Å². The number of nitrogens with zero attached hydrogens (tertiary/aromatic N) is 3. The number of aromatic nitrogens is 3. The Bertz CT molecular complexity index is 1770. The molecule has 186 valence electrons. The monoisotopic (exact) mass is 514 g/mol. The van der Waals surface area contributed by atoms with Crippen LogP contribution in [0.5, 0.6) is 5.75 Å². The Labute approximate surface area is 216 Å². The summed E-state index contributed by atoms with van der Waals surface area (Å²) in [7, 11) is 1.58. The Kier molecular flexibility index (Phi) is 5.90. The van der Waals surface area contributed by atoms with Crippen LogP contribution in [0, 0.1) is 0 Å². The molecule has 0 spiro atoms. The molecule has 1 aliphatic rings. The molecule has 0 amide bonds. The highest BCUT2D eigenvalue weighted by molar-refractivity contribution is 6.33. The van der Waals surface area contributed by atoms with Crippen molar-refractivity contribution in [1.82, 2.24) is 14.5 Å². The van der Waals surface area contributed by atoms with Crippen molar-refractivity contribution in [3.63, 3.8) is 0 Å². The zero-order valence-corrected chi connectivity index (χ0v) is 20.8. The number of ether oxygens (including phenoxy) is 2. The van der Waals surface area contributed by atoms with E-state index in [0.717, 1.165) is 45.2 Å². The number of methoxy groups -OCH3 is 1. The van der Waals surface area contributed by atoms with E-state index in [1.54, 1.807) is 43.8 Å². The highest BCUT2D eigenvalue weighted by Crippen LogP contribution is 2.32. The largest absolute Gasteiger partial charge is 0.497 e. The Morgan fingerprint density at radius 1 is 0.973 bits per heavy atom. The molecule has 1 aliphatic heterocycles. The number of halogens is 1. The van der Waals surface area contributed by atoms with E-state index in [4.69, 9.17) is 21.1 Å². The van der Waals surface area contributed by atoms with Crippen LogP contribution in [0.3, 0.4) is 0 Å². The first kappa shape index (κ1) is 23.3. The molecule has 8 nitrogen and oxygen atoms in total. The number of aromatic amines is 1. The van der Waals surface area contributed by atoms with Gasteiger partial charge in [-0.15, -0.1) is 0 Å². The lowest BCUT2D eigenvalue weighted by Crippen LogP contribution is -2.36. The molecule has 5 aromatic rings. The summed E-state index contributed by atoms with van der Waals surface area (Å²) >= 11 is 6.42. The number of fused-ring (bicyclic) bond motifs is 2. The third kappa shape index (κ3) is 4.14. The molecule has 3 heterocycles. The van der Waals surface area contributed by atoms with Gasteiger partial charge >= 0.3 is 5.69 Å². The van der Waals surface area contributed by atoms with Crippen molar-refractivity contribution >= 4 is 39.0 Å². The van der Waals surface area contributed by atoms with Crippen LogP contribution in [0.15, 0.2) is 76.6 Å². The average molecular weight is 515 g/mol. The minimum atomic E-state index is -0.544. The van der Waals surface area contributed by atoms with Crippen molar-refractivity contribution in [3.8, 4) is 22.6 Å². The molecule has 2 aromatic heterocycles. The summed E-state index contributed by atoms with van der Waals surface area (Å²) in [5.74, 6) is 0.656. The predicted octanol–water partition coefficient (Wildman–Crippen LogP) is 4.39. The Balaban J connectivity index is 1.50. The summed E-state index contributed by atoms with van der Waals surface area (Å²) in [6.07, 6.45) is 3.28. The van der Waals surface area contributed by atoms with E-state index < -0.39 is 11.2 Å². The summed E-state index contributed by atoms with van der Waals surface area (Å²) in [4.78, 5) is 36.3. The highest BCUT2D eigenvalue weighted by atomic mass is 35.5. The lowest BCUT2D eigenvalue weighted by molar-refractivity contribution is 0.122. The van der Waals surface area contributed by atoms with Crippen LogP contribution in [0.2, 0.25) is 5.02 Å². The molecule has 0 unspecified atom stereocenters. The van der Waals surface area contributed by atoms with Gasteiger partial charge in [-0.1, -0.05) is 23.7 Å². The van der Waals surface area contributed by atoms with Crippen molar-refractivity contribution in [2.75, 3.05) is 38.3 Å². The van der Waals surface area contributed by atoms with E-state index in [1.165, 1.54) is 0 Å². The smallest absolute Gasteiger partial charge is 0.333 e. The van der Waals surface area contributed by atoms with Gasteiger partial charge in [0.1, 0.15) is 5.75 Å². The van der Waals surface area contributed by atoms with Gasteiger partial charge in [0.05, 0.1) is 43.1 Å². The minimum Gasteiger partial charge on any atom is -0.497 e. The quantitative estimate of drug-likeness (QED) is 0.382. The molecule has 6 rings (SSSR count). The fourth-order valence-corrected chi connectivity index (χ4v) is 5.02. The van der Waals surface area contributed by atoms with Gasteiger partial charge < -0.3 is 19.4 Å². The van der Waals surface area contributed by atoms with Gasteiger partial charge in [0.2, 0.25) is 0 Å². The molecule has 9 heteroatoms. The fraction of sp³-hybridized carbons (Fsp3) is 0.179. The van der Waals surface area contributed by atoms with Gasteiger partial charge in [-0.3, -0.25) is 9.78 Å². The van der Waals surface area contributed by atoms with Crippen LogP contribution < -0.4 is 20.9 Å². The van der Waals surface area contributed by atoms with Gasteiger partial charge in [-0.05, 0) is 48.0 Å². The van der Waals surface area contributed by atoms with Crippen molar-refractivity contribution in [1.29, 1.82) is 0 Å². The fourth-order valence-electron chi connectivity index (χ4n) is 4.79. The Morgan fingerprint density at radius 3 is 2.62 bits per heavy atom. The van der Waals surface area contributed by atoms with Crippen molar-refractivity contribution in [3.05, 3.63) is 92.9 Å². The number of pyridine rings is 1. The normalized spacial score (nSPS) is 13.8. The van der Waals surface area contributed by atoms with Gasteiger partial charge in [0.25, 0.3) is 5.56 Å². The molecule has 0 atom stereocenters. The number of benzene rings is 3. The standard InChI is InChI=1S/C28H23ClN4O4/c1-36-20-5-7-24(29)22(14-20)17-3-6-21-25(12-17)31-28(35)33(27(21)34)26-16-30-15-18-2-4-19(13-23(18)26)32-8-10-37-11-9-32/h2-7,12-16H,8-11H2,1H3,(H,31,35). The first-order valence-electron chi connectivity index (χ1n) is 11.9. The molecular formula is C28H23ClN4O4. The second kappa shape index (κ2) is 9.38. The van der Waals surface area contributed by atoms with Crippen molar-refractivity contribution in [2.45, 2.75) is 0 Å². The maximum absolute atomic E-state index is 13.6. The van der Waals surface area contributed by atoms with Crippen LogP contribution >= 0.6 is 11.6 Å². The third-order valence-electron chi connectivity index (χ3n) is 6.72.